The van der Waals surface area contributed by atoms with Crippen LogP contribution in [0.2, 0.25) is 0 Å². The number of aliphatic hydroxyl groups excluding tert-OH is 1. The number of rotatable bonds is 1. The molecule has 8 nitrogen and oxygen atoms in total. The summed E-state index contributed by atoms with van der Waals surface area (Å²) in [5.41, 5.74) is -0.557. The van der Waals surface area contributed by atoms with Crippen LogP contribution in [0.1, 0.15) is 51.8 Å². The van der Waals surface area contributed by atoms with Gasteiger partial charge >= 0.3 is 6.09 Å². The number of hydrogen-bond donors (Lipinski definition) is 1. The quantitative estimate of drug-likeness (QED) is 0.774. The lowest BCUT2D eigenvalue weighted by molar-refractivity contribution is -0.150. The Bertz CT molecular complexity index is 868. The first-order valence-corrected chi connectivity index (χ1v) is 9.61. The van der Waals surface area contributed by atoms with Crippen molar-refractivity contribution in [3.05, 3.63) is 29.3 Å². The third-order valence-corrected chi connectivity index (χ3v) is 5.09. The molecule has 0 aromatic heterocycles. The Morgan fingerprint density at radius 1 is 1.34 bits per heavy atom. The molecule has 1 saturated heterocycles. The van der Waals surface area contributed by atoms with E-state index in [1.54, 1.807) is 57.7 Å². The Morgan fingerprint density at radius 3 is 2.62 bits per heavy atom. The molecule has 1 aromatic rings. The molecule has 156 valence electrons. The minimum atomic E-state index is -0.999. The van der Waals surface area contributed by atoms with Crippen molar-refractivity contribution < 1.29 is 24.2 Å². The van der Waals surface area contributed by atoms with Crippen LogP contribution in [0, 0.1) is 11.3 Å². The lowest BCUT2D eigenvalue weighted by Crippen LogP contribution is -2.60. The van der Waals surface area contributed by atoms with Crippen LogP contribution in [0.15, 0.2) is 18.2 Å². The lowest BCUT2D eigenvalue weighted by atomic mass is 9.84. The molecule has 1 aromatic carbocycles. The van der Waals surface area contributed by atoms with Crippen LogP contribution in [-0.4, -0.2) is 63.8 Å². The summed E-state index contributed by atoms with van der Waals surface area (Å²) in [6.07, 6.45) is -1.54. The number of amides is 2. The third kappa shape index (κ3) is 4.15. The van der Waals surface area contributed by atoms with Gasteiger partial charge in [0.2, 0.25) is 5.91 Å². The van der Waals surface area contributed by atoms with E-state index in [0.717, 1.165) is 0 Å². The van der Waals surface area contributed by atoms with E-state index in [-0.39, 0.29) is 19.0 Å². The van der Waals surface area contributed by atoms with E-state index in [1.165, 1.54) is 4.90 Å². The van der Waals surface area contributed by atoms with Crippen LogP contribution in [-0.2, 0) is 9.53 Å². The van der Waals surface area contributed by atoms with Gasteiger partial charge < -0.3 is 19.5 Å². The lowest BCUT2D eigenvalue weighted by Gasteiger charge is -2.48. The second kappa shape index (κ2) is 7.23. The van der Waals surface area contributed by atoms with Gasteiger partial charge in [-0.25, -0.2) is 4.79 Å². The smallest absolute Gasteiger partial charge is 0.410 e. The number of nitriles is 1. The maximum atomic E-state index is 13.0. The van der Waals surface area contributed by atoms with Crippen molar-refractivity contribution in [2.75, 3.05) is 19.6 Å². The molecule has 0 spiro atoms. The summed E-state index contributed by atoms with van der Waals surface area (Å²) >= 11 is 0. The van der Waals surface area contributed by atoms with Crippen molar-refractivity contribution in [2.45, 2.75) is 58.0 Å². The minimum absolute atomic E-state index is 0.132. The fourth-order valence-corrected chi connectivity index (χ4v) is 3.64. The predicted octanol–water partition coefficient (Wildman–Crippen LogP) is 2.21. The van der Waals surface area contributed by atoms with Gasteiger partial charge in [-0.3, -0.25) is 9.69 Å². The van der Waals surface area contributed by atoms with Gasteiger partial charge in [0.1, 0.15) is 29.6 Å². The zero-order valence-electron chi connectivity index (χ0n) is 17.4. The summed E-state index contributed by atoms with van der Waals surface area (Å²) in [7, 11) is 0. The summed E-state index contributed by atoms with van der Waals surface area (Å²) in [4.78, 5) is 28.2. The number of aliphatic hydroxyl groups is 1. The van der Waals surface area contributed by atoms with E-state index in [4.69, 9.17) is 9.47 Å². The molecule has 2 amide bonds. The number of nitrogens with zero attached hydrogens (tertiary/aromatic N) is 3. The molecule has 2 heterocycles. The van der Waals surface area contributed by atoms with Gasteiger partial charge in [0, 0.05) is 18.7 Å². The standard InChI is InChI=1S/C21H27N3O5/c1-20(2,3)29-19(27)23-8-9-24(16(25)12-23)17-14-10-13(11-22)6-7-15(14)28-21(4,5)18(17)26/h6-7,10,17-18,26H,8-9,12H2,1-5H3/t17-,18+/m1/s1. The number of hydrogen-bond acceptors (Lipinski definition) is 6. The molecule has 0 saturated carbocycles. The summed E-state index contributed by atoms with van der Waals surface area (Å²) < 4.78 is 11.3. The third-order valence-electron chi connectivity index (χ3n) is 5.09. The van der Waals surface area contributed by atoms with E-state index in [0.29, 0.717) is 23.4 Å². The topological polar surface area (TPSA) is 103 Å². The van der Waals surface area contributed by atoms with Crippen molar-refractivity contribution in [1.82, 2.24) is 9.80 Å². The van der Waals surface area contributed by atoms with Crippen LogP contribution in [0.25, 0.3) is 0 Å². The van der Waals surface area contributed by atoms with Gasteiger partial charge in [-0.2, -0.15) is 5.26 Å². The van der Waals surface area contributed by atoms with Gasteiger partial charge in [0.25, 0.3) is 0 Å². The Balaban J connectivity index is 1.88. The van der Waals surface area contributed by atoms with Crippen molar-refractivity contribution in [2.24, 2.45) is 0 Å². The Morgan fingerprint density at radius 2 is 2.03 bits per heavy atom. The predicted molar refractivity (Wildman–Crippen MR) is 104 cm³/mol. The molecule has 2 aliphatic heterocycles. The van der Waals surface area contributed by atoms with Crippen LogP contribution in [0.5, 0.6) is 5.75 Å². The summed E-state index contributed by atoms with van der Waals surface area (Å²) in [6, 6.07) is 6.39. The number of carbonyl (C=O) groups is 2. The highest BCUT2D eigenvalue weighted by Crippen LogP contribution is 2.43. The van der Waals surface area contributed by atoms with Crippen LogP contribution < -0.4 is 4.74 Å². The number of fused-ring (bicyclic) bond motifs is 1. The first-order valence-electron chi connectivity index (χ1n) is 9.61. The minimum Gasteiger partial charge on any atom is -0.485 e. The summed E-state index contributed by atoms with van der Waals surface area (Å²) in [6.45, 7) is 9.23. The molecule has 0 radical (unpaired) electrons. The maximum Gasteiger partial charge on any atom is 0.410 e. The summed E-state index contributed by atoms with van der Waals surface area (Å²) in [5, 5.41) is 20.3. The molecule has 0 bridgehead atoms. The molecule has 8 heteroatoms. The van der Waals surface area contributed by atoms with Gasteiger partial charge in [-0.05, 0) is 52.8 Å². The van der Waals surface area contributed by atoms with E-state index >= 15 is 0 Å². The highest BCUT2D eigenvalue weighted by molar-refractivity contribution is 5.84. The number of carbonyl (C=O) groups excluding carboxylic acids is 2. The highest BCUT2D eigenvalue weighted by atomic mass is 16.6. The molecular weight excluding hydrogens is 374 g/mol. The first-order chi connectivity index (χ1) is 13.4. The van der Waals surface area contributed by atoms with E-state index < -0.39 is 29.4 Å². The zero-order valence-corrected chi connectivity index (χ0v) is 17.4. The average molecular weight is 401 g/mol. The fraction of sp³-hybridized carbons (Fsp3) is 0.571. The summed E-state index contributed by atoms with van der Waals surface area (Å²) in [5.74, 6) is 0.240. The van der Waals surface area contributed by atoms with Crippen molar-refractivity contribution in [3.63, 3.8) is 0 Å². The Hall–Kier alpha value is -2.79. The average Bonchev–Trinajstić information content (AvgIpc) is 2.61. The van der Waals surface area contributed by atoms with Gasteiger partial charge in [-0.1, -0.05) is 0 Å². The van der Waals surface area contributed by atoms with Crippen LogP contribution in [0.4, 0.5) is 4.79 Å². The normalized spacial score (nSPS) is 23.7. The monoisotopic (exact) mass is 401 g/mol. The second-order valence-electron chi connectivity index (χ2n) is 8.95. The van der Waals surface area contributed by atoms with E-state index in [9.17, 15) is 20.0 Å². The number of piperazine rings is 1. The SMILES string of the molecule is CC(C)(C)OC(=O)N1CCN([C@@H]2c3cc(C#N)ccc3OC(C)(C)[C@H]2O)C(=O)C1. The number of ether oxygens (including phenoxy) is 2. The zero-order chi connectivity index (χ0) is 21.6. The van der Waals surface area contributed by atoms with Gasteiger partial charge in [0.05, 0.1) is 17.7 Å². The van der Waals surface area contributed by atoms with Crippen LogP contribution in [0.3, 0.4) is 0 Å². The Kier molecular flexibility index (Phi) is 5.22. The first kappa shape index (κ1) is 20.9. The molecule has 29 heavy (non-hydrogen) atoms. The molecule has 0 unspecified atom stereocenters. The molecule has 3 rings (SSSR count). The largest absolute Gasteiger partial charge is 0.485 e. The fourth-order valence-electron chi connectivity index (χ4n) is 3.64. The second-order valence-corrected chi connectivity index (χ2v) is 8.95. The Labute approximate surface area is 170 Å². The van der Waals surface area contributed by atoms with Crippen LogP contribution >= 0.6 is 0 Å². The van der Waals surface area contributed by atoms with E-state index in [2.05, 4.69) is 6.07 Å². The molecular formula is C21H27N3O5. The van der Waals surface area contributed by atoms with Gasteiger partial charge in [0.15, 0.2) is 0 Å². The molecule has 2 atom stereocenters. The maximum absolute atomic E-state index is 13.0. The van der Waals surface area contributed by atoms with Crippen molar-refractivity contribution in [3.8, 4) is 11.8 Å². The molecule has 0 aliphatic carbocycles. The molecule has 1 N–H and O–H groups in total. The highest BCUT2D eigenvalue weighted by Gasteiger charge is 2.48. The van der Waals surface area contributed by atoms with E-state index in [1.807, 2.05) is 0 Å². The number of benzene rings is 1. The molecule has 1 fully saturated rings. The molecule has 2 aliphatic rings. The van der Waals surface area contributed by atoms with Crippen molar-refractivity contribution >= 4 is 12.0 Å². The van der Waals surface area contributed by atoms with Crippen molar-refractivity contribution in [1.29, 1.82) is 5.26 Å². The van der Waals surface area contributed by atoms with Gasteiger partial charge in [-0.15, -0.1) is 0 Å².